The van der Waals surface area contributed by atoms with Gasteiger partial charge < -0.3 is 4.57 Å². The monoisotopic (exact) mass is 327 g/mol. The van der Waals surface area contributed by atoms with Gasteiger partial charge in [0.15, 0.2) is 17.5 Å². The van der Waals surface area contributed by atoms with Gasteiger partial charge in [-0.05, 0) is 29.3 Å². The SMILES string of the molecule is N#Cc1ccc(Cn2ccnc2Cc2ccc(F)c(F)c2F)cc1. The minimum absolute atomic E-state index is 0.0428. The zero-order chi connectivity index (χ0) is 17.1. The molecule has 0 spiro atoms. The van der Waals surface area contributed by atoms with E-state index < -0.39 is 17.5 Å². The van der Waals surface area contributed by atoms with Crippen LogP contribution in [0.4, 0.5) is 13.2 Å². The molecule has 6 heteroatoms. The van der Waals surface area contributed by atoms with Crippen molar-refractivity contribution in [1.82, 2.24) is 9.55 Å². The predicted molar refractivity (Wildman–Crippen MR) is 81.6 cm³/mol. The number of rotatable bonds is 4. The number of hydrogen-bond acceptors (Lipinski definition) is 2. The van der Waals surface area contributed by atoms with Crippen molar-refractivity contribution in [2.75, 3.05) is 0 Å². The number of imidazole rings is 1. The smallest absolute Gasteiger partial charge is 0.194 e. The molecule has 0 amide bonds. The molecule has 0 bridgehead atoms. The maximum Gasteiger partial charge on any atom is 0.194 e. The van der Waals surface area contributed by atoms with Crippen LogP contribution in [0.5, 0.6) is 0 Å². The summed E-state index contributed by atoms with van der Waals surface area (Å²) in [6, 6.07) is 11.2. The summed E-state index contributed by atoms with van der Waals surface area (Å²) in [6.45, 7) is 0.479. The summed E-state index contributed by atoms with van der Waals surface area (Å²) in [5, 5.41) is 8.80. The van der Waals surface area contributed by atoms with Gasteiger partial charge in [-0.25, -0.2) is 18.2 Å². The van der Waals surface area contributed by atoms with Crippen molar-refractivity contribution in [2.45, 2.75) is 13.0 Å². The van der Waals surface area contributed by atoms with Crippen LogP contribution in [-0.2, 0) is 13.0 Å². The molecule has 3 nitrogen and oxygen atoms in total. The van der Waals surface area contributed by atoms with Gasteiger partial charge in [0.25, 0.3) is 0 Å². The van der Waals surface area contributed by atoms with E-state index in [2.05, 4.69) is 4.98 Å². The van der Waals surface area contributed by atoms with E-state index >= 15 is 0 Å². The van der Waals surface area contributed by atoms with E-state index in [1.165, 1.54) is 6.07 Å². The molecule has 0 radical (unpaired) electrons. The van der Waals surface area contributed by atoms with Crippen molar-refractivity contribution in [1.29, 1.82) is 5.26 Å². The molecule has 1 heterocycles. The second-order valence-electron chi connectivity index (χ2n) is 5.29. The molecule has 0 atom stereocenters. The van der Waals surface area contributed by atoms with Gasteiger partial charge in [0, 0.05) is 25.4 Å². The highest BCUT2D eigenvalue weighted by atomic mass is 19.2. The Kier molecular flexibility index (Phi) is 4.34. The first kappa shape index (κ1) is 15.8. The largest absolute Gasteiger partial charge is 0.330 e. The molecule has 0 saturated heterocycles. The van der Waals surface area contributed by atoms with Crippen LogP contribution in [0.1, 0.15) is 22.5 Å². The Morgan fingerprint density at radius 1 is 1.00 bits per heavy atom. The summed E-state index contributed by atoms with van der Waals surface area (Å²) in [6.07, 6.45) is 3.34. The third-order valence-electron chi connectivity index (χ3n) is 3.70. The highest BCUT2D eigenvalue weighted by molar-refractivity contribution is 5.32. The molecule has 1 aromatic heterocycles. The van der Waals surface area contributed by atoms with Gasteiger partial charge in [-0.2, -0.15) is 5.26 Å². The van der Waals surface area contributed by atoms with Crippen molar-refractivity contribution >= 4 is 0 Å². The molecule has 0 aliphatic heterocycles. The Morgan fingerprint density at radius 3 is 2.46 bits per heavy atom. The minimum Gasteiger partial charge on any atom is -0.330 e. The van der Waals surface area contributed by atoms with Crippen LogP contribution in [0.2, 0.25) is 0 Å². The summed E-state index contributed by atoms with van der Waals surface area (Å²) >= 11 is 0. The van der Waals surface area contributed by atoms with Crippen molar-refractivity contribution in [3.05, 3.63) is 88.8 Å². The standard InChI is InChI=1S/C18H12F3N3/c19-15-6-5-14(17(20)18(15)21)9-16-23-7-8-24(16)11-13-3-1-12(10-22)2-4-13/h1-8H,9,11H2. The number of halogens is 3. The molecule has 0 N–H and O–H groups in total. The average Bonchev–Trinajstić information content (AvgIpc) is 3.03. The third-order valence-corrected chi connectivity index (χ3v) is 3.70. The molecular weight excluding hydrogens is 315 g/mol. The molecular formula is C18H12F3N3. The van der Waals surface area contributed by atoms with Crippen molar-refractivity contribution in [3.8, 4) is 6.07 Å². The summed E-state index contributed by atoms with van der Waals surface area (Å²) < 4.78 is 42.0. The molecule has 0 fully saturated rings. The normalized spacial score (nSPS) is 10.6. The zero-order valence-electron chi connectivity index (χ0n) is 12.5. The lowest BCUT2D eigenvalue weighted by atomic mass is 10.1. The van der Waals surface area contributed by atoms with E-state index in [9.17, 15) is 13.2 Å². The highest BCUT2D eigenvalue weighted by Gasteiger charge is 2.15. The quantitative estimate of drug-likeness (QED) is 0.684. The topological polar surface area (TPSA) is 41.6 Å². The van der Waals surface area contributed by atoms with Crippen LogP contribution >= 0.6 is 0 Å². The van der Waals surface area contributed by atoms with Crippen molar-refractivity contribution in [3.63, 3.8) is 0 Å². The lowest BCUT2D eigenvalue weighted by Gasteiger charge is -2.09. The van der Waals surface area contributed by atoms with Gasteiger partial charge in [0.2, 0.25) is 0 Å². The summed E-state index contributed by atoms with van der Waals surface area (Å²) in [5.74, 6) is -3.35. The van der Waals surface area contributed by atoms with Crippen LogP contribution in [-0.4, -0.2) is 9.55 Å². The molecule has 24 heavy (non-hydrogen) atoms. The van der Waals surface area contributed by atoms with Gasteiger partial charge in [-0.3, -0.25) is 0 Å². The van der Waals surface area contributed by atoms with Gasteiger partial charge >= 0.3 is 0 Å². The maximum absolute atomic E-state index is 13.8. The molecule has 0 aliphatic carbocycles. The Morgan fingerprint density at radius 2 is 1.75 bits per heavy atom. The van der Waals surface area contributed by atoms with Gasteiger partial charge in [-0.15, -0.1) is 0 Å². The first-order valence-corrected chi connectivity index (χ1v) is 7.20. The fourth-order valence-electron chi connectivity index (χ4n) is 2.41. The Balaban J connectivity index is 1.83. The second-order valence-corrected chi connectivity index (χ2v) is 5.29. The predicted octanol–water partition coefficient (Wildman–Crippen LogP) is 3.81. The fourth-order valence-corrected chi connectivity index (χ4v) is 2.41. The summed E-state index contributed by atoms with van der Waals surface area (Å²) in [5.41, 5.74) is 1.55. The number of benzene rings is 2. The lowest BCUT2D eigenvalue weighted by Crippen LogP contribution is -2.07. The first-order chi connectivity index (χ1) is 11.6. The first-order valence-electron chi connectivity index (χ1n) is 7.20. The Bertz CT molecular complexity index is 908. The average molecular weight is 327 g/mol. The van der Waals surface area contributed by atoms with Crippen molar-refractivity contribution < 1.29 is 13.2 Å². The third kappa shape index (κ3) is 3.15. The van der Waals surface area contributed by atoms with Gasteiger partial charge in [-0.1, -0.05) is 18.2 Å². The van der Waals surface area contributed by atoms with E-state index in [0.29, 0.717) is 17.9 Å². The van der Waals surface area contributed by atoms with Crippen LogP contribution in [0.25, 0.3) is 0 Å². The van der Waals surface area contributed by atoms with Crippen LogP contribution in [0.15, 0.2) is 48.8 Å². The molecule has 0 unspecified atom stereocenters. The van der Waals surface area contributed by atoms with Gasteiger partial charge in [0.05, 0.1) is 11.6 Å². The minimum atomic E-state index is -1.47. The number of hydrogen-bond donors (Lipinski definition) is 0. The molecule has 0 saturated carbocycles. The molecule has 3 rings (SSSR count). The van der Waals surface area contributed by atoms with Crippen LogP contribution in [0.3, 0.4) is 0 Å². The lowest BCUT2D eigenvalue weighted by molar-refractivity contribution is 0.441. The fraction of sp³-hybridized carbons (Fsp3) is 0.111. The molecule has 120 valence electrons. The number of nitrogens with zero attached hydrogens (tertiary/aromatic N) is 3. The maximum atomic E-state index is 13.8. The van der Waals surface area contributed by atoms with E-state index in [1.54, 1.807) is 29.1 Å². The van der Waals surface area contributed by atoms with Crippen molar-refractivity contribution in [2.24, 2.45) is 0 Å². The van der Waals surface area contributed by atoms with E-state index in [1.807, 2.05) is 18.2 Å². The highest BCUT2D eigenvalue weighted by Crippen LogP contribution is 2.18. The molecule has 0 aliphatic rings. The number of nitriles is 1. The van der Waals surface area contributed by atoms with Gasteiger partial charge in [0.1, 0.15) is 5.82 Å². The van der Waals surface area contributed by atoms with E-state index in [0.717, 1.165) is 11.6 Å². The zero-order valence-corrected chi connectivity index (χ0v) is 12.5. The summed E-state index contributed by atoms with van der Waals surface area (Å²) in [4.78, 5) is 4.16. The second kappa shape index (κ2) is 6.59. The molecule has 3 aromatic rings. The summed E-state index contributed by atoms with van der Waals surface area (Å²) in [7, 11) is 0. The van der Waals surface area contributed by atoms with Crippen LogP contribution < -0.4 is 0 Å². The van der Waals surface area contributed by atoms with Crippen LogP contribution in [0, 0.1) is 28.8 Å². The number of aromatic nitrogens is 2. The Hall–Kier alpha value is -3.07. The molecule has 2 aromatic carbocycles. The Labute approximate surface area is 136 Å². The van der Waals surface area contributed by atoms with E-state index in [4.69, 9.17) is 5.26 Å². The van der Waals surface area contributed by atoms with E-state index in [-0.39, 0.29) is 12.0 Å².